The van der Waals surface area contributed by atoms with Crippen molar-refractivity contribution >= 4 is 9.84 Å². The quantitative estimate of drug-likeness (QED) is 0.757. The minimum Gasteiger partial charge on any atom is -0.312 e. The SMILES string of the molecule is Cc1cnn([C@H](C)[C@@H](C)NCCCS(C)(=O)=O)c1. The third-order valence-electron chi connectivity index (χ3n) is 3.03. The predicted molar refractivity (Wildman–Crippen MR) is 73.5 cm³/mol. The Kier molecular flexibility index (Phi) is 5.34. The second-order valence-corrected chi connectivity index (χ2v) is 7.22. The highest BCUT2D eigenvalue weighted by Gasteiger charge is 2.14. The lowest BCUT2D eigenvalue weighted by Crippen LogP contribution is -2.35. The van der Waals surface area contributed by atoms with Crippen LogP contribution in [0.1, 0.15) is 31.9 Å². The molecule has 0 spiro atoms. The van der Waals surface area contributed by atoms with Crippen LogP contribution in [0.2, 0.25) is 0 Å². The molecule has 0 amide bonds. The average Bonchev–Trinajstić information content (AvgIpc) is 2.68. The van der Waals surface area contributed by atoms with E-state index in [-0.39, 0.29) is 17.8 Å². The molecule has 0 bridgehead atoms. The Balaban J connectivity index is 2.34. The number of nitrogens with zero attached hydrogens (tertiary/aromatic N) is 2. The summed E-state index contributed by atoms with van der Waals surface area (Å²) in [4.78, 5) is 0. The lowest BCUT2D eigenvalue weighted by Gasteiger charge is -2.21. The lowest BCUT2D eigenvalue weighted by atomic mass is 10.1. The molecule has 1 aromatic heterocycles. The number of rotatable bonds is 7. The van der Waals surface area contributed by atoms with Crippen molar-refractivity contribution < 1.29 is 8.42 Å². The van der Waals surface area contributed by atoms with Crippen molar-refractivity contribution in [3.05, 3.63) is 18.0 Å². The summed E-state index contributed by atoms with van der Waals surface area (Å²) in [5.74, 6) is 0.238. The first kappa shape index (κ1) is 15.2. The monoisotopic (exact) mass is 273 g/mol. The van der Waals surface area contributed by atoms with Gasteiger partial charge in [0, 0.05) is 18.5 Å². The van der Waals surface area contributed by atoms with Crippen molar-refractivity contribution in [1.82, 2.24) is 15.1 Å². The van der Waals surface area contributed by atoms with E-state index < -0.39 is 9.84 Å². The summed E-state index contributed by atoms with van der Waals surface area (Å²) in [6, 6.07) is 0.501. The normalized spacial score (nSPS) is 15.6. The number of aryl methyl sites for hydroxylation is 1. The molecule has 2 atom stereocenters. The number of hydrogen-bond donors (Lipinski definition) is 1. The maximum Gasteiger partial charge on any atom is 0.147 e. The summed E-state index contributed by atoms with van der Waals surface area (Å²) in [7, 11) is -2.85. The van der Waals surface area contributed by atoms with Gasteiger partial charge in [-0.05, 0) is 39.3 Å². The molecule has 1 N–H and O–H groups in total. The van der Waals surface area contributed by atoms with Gasteiger partial charge in [-0.1, -0.05) is 0 Å². The maximum absolute atomic E-state index is 11.0. The molecule has 6 heteroatoms. The molecule has 0 aliphatic rings. The van der Waals surface area contributed by atoms with Gasteiger partial charge in [-0.25, -0.2) is 8.42 Å². The molecule has 0 saturated carbocycles. The maximum atomic E-state index is 11.0. The van der Waals surface area contributed by atoms with Gasteiger partial charge in [-0.15, -0.1) is 0 Å². The Labute approximate surface area is 109 Å². The van der Waals surface area contributed by atoms with Gasteiger partial charge in [-0.2, -0.15) is 5.10 Å². The fourth-order valence-electron chi connectivity index (χ4n) is 1.72. The highest BCUT2D eigenvalue weighted by molar-refractivity contribution is 7.90. The first-order valence-corrected chi connectivity index (χ1v) is 8.27. The first-order valence-electron chi connectivity index (χ1n) is 6.21. The van der Waals surface area contributed by atoms with Crippen LogP contribution in [0.5, 0.6) is 0 Å². The van der Waals surface area contributed by atoms with E-state index in [4.69, 9.17) is 0 Å². The van der Waals surface area contributed by atoms with Crippen LogP contribution in [0.3, 0.4) is 0 Å². The molecule has 1 aromatic rings. The molecule has 104 valence electrons. The van der Waals surface area contributed by atoms with E-state index in [0.29, 0.717) is 13.0 Å². The third kappa shape index (κ3) is 5.18. The average molecular weight is 273 g/mol. The smallest absolute Gasteiger partial charge is 0.147 e. The van der Waals surface area contributed by atoms with Gasteiger partial charge in [0.15, 0.2) is 0 Å². The summed E-state index contributed by atoms with van der Waals surface area (Å²) in [5, 5.41) is 7.62. The van der Waals surface area contributed by atoms with Gasteiger partial charge in [0.25, 0.3) is 0 Å². The largest absolute Gasteiger partial charge is 0.312 e. The summed E-state index contributed by atoms with van der Waals surface area (Å²) in [5.41, 5.74) is 1.14. The second kappa shape index (κ2) is 6.33. The van der Waals surface area contributed by atoms with Gasteiger partial charge < -0.3 is 5.32 Å². The molecular weight excluding hydrogens is 250 g/mol. The summed E-state index contributed by atoms with van der Waals surface area (Å²) < 4.78 is 23.9. The van der Waals surface area contributed by atoms with Gasteiger partial charge in [-0.3, -0.25) is 4.68 Å². The van der Waals surface area contributed by atoms with Gasteiger partial charge >= 0.3 is 0 Å². The van der Waals surface area contributed by atoms with E-state index in [2.05, 4.69) is 24.3 Å². The van der Waals surface area contributed by atoms with Crippen molar-refractivity contribution in [3.8, 4) is 0 Å². The molecule has 18 heavy (non-hydrogen) atoms. The van der Waals surface area contributed by atoms with Crippen LogP contribution in [0.4, 0.5) is 0 Å². The first-order chi connectivity index (χ1) is 8.29. The van der Waals surface area contributed by atoms with Crippen molar-refractivity contribution in [3.63, 3.8) is 0 Å². The van der Waals surface area contributed by atoms with Crippen LogP contribution in [-0.2, 0) is 9.84 Å². The molecule has 0 unspecified atom stereocenters. The van der Waals surface area contributed by atoms with E-state index >= 15 is 0 Å². The fourth-order valence-corrected chi connectivity index (χ4v) is 2.39. The number of hydrogen-bond acceptors (Lipinski definition) is 4. The van der Waals surface area contributed by atoms with E-state index in [9.17, 15) is 8.42 Å². The molecule has 0 radical (unpaired) electrons. The number of sulfone groups is 1. The Morgan fingerprint density at radius 3 is 2.61 bits per heavy atom. The summed E-state index contributed by atoms with van der Waals surface area (Å²) >= 11 is 0. The van der Waals surface area contributed by atoms with E-state index in [0.717, 1.165) is 5.56 Å². The van der Waals surface area contributed by atoms with Crippen LogP contribution in [-0.4, -0.2) is 42.8 Å². The second-order valence-electron chi connectivity index (χ2n) is 4.96. The minimum atomic E-state index is -2.85. The molecule has 5 nitrogen and oxygen atoms in total. The highest BCUT2D eigenvalue weighted by Crippen LogP contribution is 2.10. The fraction of sp³-hybridized carbons (Fsp3) is 0.750. The standard InChI is InChI=1S/C12H23N3O2S/c1-10-8-14-15(9-10)12(3)11(2)13-6-5-7-18(4,16)17/h8-9,11-13H,5-7H2,1-4H3/t11-,12-/m1/s1. The minimum absolute atomic E-state index is 0.238. The zero-order valence-corrected chi connectivity index (χ0v) is 12.4. The van der Waals surface area contributed by atoms with Gasteiger partial charge in [0.05, 0.1) is 18.0 Å². The molecule has 0 aliphatic carbocycles. The topological polar surface area (TPSA) is 64.0 Å². The van der Waals surface area contributed by atoms with Crippen molar-refractivity contribution in [2.75, 3.05) is 18.6 Å². The summed E-state index contributed by atoms with van der Waals surface area (Å²) in [6.45, 7) is 6.90. The number of nitrogens with one attached hydrogen (secondary N) is 1. The Hall–Kier alpha value is -0.880. The molecule has 1 rings (SSSR count). The van der Waals surface area contributed by atoms with E-state index in [1.54, 1.807) is 0 Å². The van der Waals surface area contributed by atoms with E-state index in [1.165, 1.54) is 6.26 Å². The highest BCUT2D eigenvalue weighted by atomic mass is 32.2. The molecule has 1 heterocycles. The molecular formula is C12H23N3O2S. The third-order valence-corrected chi connectivity index (χ3v) is 4.06. The van der Waals surface area contributed by atoms with Crippen molar-refractivity contribution in [2.24, 2.45) is 0 Å². The van der Waals surface area contributed by atoms with Crippen LogP contribution in [0.25, 0.3) is 0 Å². The van der Waals surface area contributed by atoms with Crippen LogP contribution >= 0.6 is 0 Å². The van der Waals surface area contributed by atoms with Crippen LogP contribution in [0, 0.1) is 6.92 Å². The van der Waals surface area contributed by atoms with Gasteiger partial charge in [0.2, 0.25) is 0 Å². The van der Waals surface area contributed by atoms with E-state index in [1.807, 2.05) is 24.0 Å². The molecule has 0 aromatic carbocycles. The zero-order chi connectivity index (χ0) is 13.8. The predicted octanol–water partition coefficient (Wildman–Crippen LogP) is 1.17. The lowest BCUT2D eigenvalue weighted by molar-refractivity contribution is 0.367. The number of aromatic nitrogens is 2. The molecule has 0 fully saturated rings. The Morgan fingerprint density at radius 1 is 1.44 bits per heavy atom. The van der Waals surface area contributed by atoms with Crippen LogP contribution < -0.4 is 5.32 Å². The Morgan fingerprint density at radius 2 is 2.11 bits per heavy atom. The van der Waals surface area contributed by atoms with Crippen LogP contribution in [0.15, 0.2) is 12.4 Å². The van der Waals surface area contributed by atoms with Crippen molar-refractivity contribution in [2.45, 2.75) is 39.3 Å². The van der Waals surface area contributed by atoms with Gasteiger partial charge in [0.1, 0.15) is 9.84 Å². The molecule has 0 aliphatic heterocycles. The summed E-state index contributed by atoms with van der Waals surface area (Å²) in [6.07, 6.45) is 5.77. The zero-order valence-electron chi connectivity index (χ0n) is 11.5. The molecule has 0 saturated heterocycles. The Bertz CT molecular complexity index is 467. The van der Waals surface area contributed by atoms with Crippen molar-refractivity contribution in [1.29, 1.82) is 0 Å².